The zero-order chi connectivity index (χ0) is 14.8. The maximum absolute atomic E-state index is 12.8. The molecular weight excluding hydrogens is 266 g/mol. The van der Waals surface area contributed by atoms with E-state index in [0.717, 1.165) is 37.5 Å². The topological polar surface area (TPSA) is 57.6 Å². The van der Waals surface area contributed by atoms with Crippen molar-refractivity contribution in [2.75, 3.05) is 6.54 Å². The lowest BCUT2D eigenvalue weighted by atomic mass is 9.67. The van der Waals surface area contributed by atoms with Gasteiger partial charge in [-0.3, -0.25) is 9.59 Å². The summed E-state index contributed by atoms with van der Waals surface area (Å²) in [6.07, 6.45) is 10.8. The number of aliphatic carboxylic acids is 1. The number of hydrogen-bond donors (Lipinski definition) is 1. The monoisotopic (exact) mass is 293 g/mol. The molecule has 3 fully saturated rings. The predicted octanol–water partition coefficient (Wildman–Crippen LogP) is 3.06. The molecule has 3 saturated carbocycles. The zero-order valence-corrected chi connectivity index (χ0v) is 12.8. The smallest absolute Gasteiger partial charge is 0.305 e. The molecule has 0 aromatic heterocycles. The Kier molecular flexibility index (Phi) is 4.51. The molecule has 3 unspecified atom stereocenters. The van der Waals surface area contributed by atoms with Gasteiger partial charge in [-0.2, -0.15) is 0 Å². The maximum Gasteiger partial charge on any atom is 0.305 e. The van der Waals surface area contributed by atoms with Crippen molar-refractivity contribution in [3.05, 3.63) is 0 Å². The summed E-state index contributed by atoms with van der Waals surface area (Å²) in [5.41, 5.74) is 0. The molecule has 0 aliphatic heterocycles. The first-order valence-electron chi connectivity index (χ1n) is 8.67. The molecule has 118 valence electrons. The highest BCUT2D eigenvalue weighted by Gasteiger charge is 2.40. The standard InChI is InChI=1S/C17H27NO3/c19-16(20)9-10-18(15-7-8-15)17(21)14-6-5-12-3-1-2-4-13(12)11-14/h12-15H,1-11H2,(H,19,20). The number of hydrogen-bond acceptors (Lipinski definition) is 2. The van der Waals surface area contributed by atoms with Crippen LogP contribution >= 0.6 is 0 Å². The lowest BCUT2D eigenvalue weighted by Crippen LogP contribution is -2.42. The molecule has 0 saturated heterocycles. The Balaban J connectivity index is 1.58. The van der Waals surface area contributed by atoms with E-state index in [2.05, 4.69) is 0 Å². The van der Waals surface area contributed by atoms with Gasteiger partial charge in [-0.1, -0.05) is 25.7 Å². The first-order chi connectivity index (χ1) is 10.1. The lowest BCUT2D eigenvalue weighted by Gasteiger charge is -2.40. The predicted molar refractivity (Wildman–Crippen MR) is 79.8 cm³/mol. The van der Waals surface area contributed by atoms with Gasteiger partial charge in [-0.05, 0) is 43.9 Å². The summed E-state index contributed by atoms with van der Waals surface area (Å²) < 4.78 is 0. The average molecular weight is 293 g/mol. The third-order valence-corrected chi connectivity index (χ3v) is 5.73. The van der Waals surface area contributed by atoms with Gasteiger partial charge in [0.15, 0.2) is 0 Å². The third-order valence-electron chi connectivity index (χ3n) is 5.73. The Hall–Kier alpha value is -1.06. The number of carbonyl (C=O) groups is 2. The molecule has 4 nitrogen and oxygen atoms in total. The van der Waals surface area contributed by atoms with E-state index in [-0.39, 0.29) is 18.2 Å². The van der Waals surface area contributed by atoms with Crippen LogP contribution in [0.4, 0.5) is 0 Å². The fraction of sp³-hybridized carbons (Fsp3) is 0.882. The molecule has 0 radical (unpaired) electrons. The molecule has 0 bridgehead atoms. The van der Waals surface area contributed by atoms with Gasteiger partial charge in [0.25, 0.3) is 0 Å². The van der Waals surface area contributed by atoms with Crippen LogP contribution in [0.25, 0.3) is 0 Å². The van der Waals surface area contributed by atoms with Crippen molar-refractivity contribution in [2.45, 2.75) is 70.3 Å². The Morgan fingerprint density at radius 3 is 2.33 bits per heavy atom. The second kappa shape index (κ2) is 6.37. The van der Waals surface area contributed by atoms with Crippen LogP contribution in [0.5, 0.6) is 0 Å². The van der Waals surface area contributed by atoms with E-state index in [4.69, 9.17) is 5.11 Å². The Morgan fingerprint density at radius 1 is 0.952 bits per heavy atom. The van der Waals surface area contributed by atoms with Crippen LogP contribution < -0.4 is 0 Å². The summed E-state index contributed by atoms with van der Waals surface area (Å²) >= 11 is 0. The number of carboxylic acids is 1. The van der Waals surface area contributed by atoms with Gasteiger partial charge in [0.2, 0.25) is 5.91 Å². The minimum absolute atomic E-state index is 0.0843. The SMILES string of the molecule is O=C(O)CCN(C(=O)C1CCC2CCCCC2C1)C1CC1. The van der Waals surface area contributed by atoms with Crippen LogP contribution in [-0.2, 0) is 9.59 Å². The molecule has 0 aromatic rings. The van der Waals surface area contributed by atoms with E-state index in [1.165, 1.54) is 32.1 Å². The van der Waals surface area contributed by atoms with E-state index >= 15 is 0 Å². The van der Waals surface area contributed by atoms with Gasteiger partial charge in [0.1, 0.15) is 0 Å². The second-order valence-electron chi connectivity index (χ2n) is 7.22. The first kappa shape index (κ1) is 14.9. The van der Waals surface area contributed by atoms with Crippen LogP contribution in [-0.4, -0.2) is 34.5 Å². The highest BCUT2D eigenvalue weighted by atomic mass is 16.4. The van der Waals surface area contributed by atoms with Crippen LogP contribution in [0.1, 0.15) is 64.2 Å². The largest absolute Gasteiger partial charge is 0.481 e. The fourth-order valence-electron chi connectivity index (χ4n) is 4.41. The van der Waals surface area contributed by atoms with E-state index in [1.807, 2.05) is 4.90 Å². The zero-order valence-electron chi connectivity index (χ0n) is 12.8. The number of fused-ring (bicyclic) bond motifs is 1. The van der Waals surface area contributed by atoms with Gasteiger partial charge in [0, 0.05) is 18.5 Å². The van der Waals surface area contributed by atoms with Gasteiger partial charge in [-0.25, -0.2) is 0 Å². The molecule has 3 aliphatic rings. The summed E-state index contributed by atoms with van der Waals surface area (Å²) in [6, 6.07) is 0.334. The molecule has 1 N–H and O–H groups in total. The summed E-state index contributed by atoms with van der Waals surface area (Å²) in [4.78, 5) is 25.5. The van der Waals surface area contributed by atoms with Gasteiger partial charge < -0.3 is 10.0 Å². The van der Waals surface area contributed by atoms with Crippen LogP contribution in [0.15, 0.2) is 0 Å². The Bertz CT molecular complexity index is 405. The minimum atomic E-state index is -0.801. The second-order valence-corrected chi connectivity index (χ2v) is 7.22. The van der Waals surface area contributed by atoms with Gasteiger partial charge in [0.05, 0.1) is 6.42 Å². The number of amides is 1. The van der Waals surface area contributed by atoms with Crippen molar-refractivity contribution >= 4 is 11.9 Å². The van der Waals surface area contributed by atoms with Crippen molar-refractivity contribution < 1.29 is 14.7 Å². The molecule has 3 atom stereocenters. The molecule has 0 heterocycles. The molecule has 3 rings (SSSR count). The molecule has 0 aromatic carbocycles. The maximum atomic E-state index is 12.8. The van der Waals surface area contributed by atoms with Crippen LogP contribution in [0.3, 0.4) is 0 Å². The number of carboxylic acid groups (broad SMARTS) is 1. The Morgan fingerprint density at radius 2 is 1.67 bits per heavy atom. The minimum Gasteiger partial charge on any atom is -0.481 e. The average Bonchev–Trinajstić information content (AvgIpc) is 3.31. The molecular formula is C17H27NO3. The first-order valence-corrected chi connectivity index (χ1v) is 8.67. The van der Waals surface area contributed by atoms with E-state index < -0.39 is 5.97 Å². The number of nitrogens with zero attached hydrogens (tertiary/aromatic N) is 1. The van der Waals surface area contributed by atoms with E-state index in [0.29, 0.717) is 12.6 Å². The van der Waals surface area contributed by atoms with Gasteiger partial charge >= 0.3 is 5.97 Å². The molecule has 3 aliphatic carbocycles. The van der Waals surface area contributed by atoms with Crippen molar-refractivity contribution in [3.8, 4) is 0 Å². The van der Waals surface area contributed by atoms with E-state index in [9.17, 15) is 9.59 Å². The third kappa shape index (κ3) is 3.58. The quantitative estimate of drug-likeness (QED) is 0.847. The summed E-state index contributed by atoms with van der Waals surface area (Å²) in [6.45, 7) is 0.406. The summed E-state index contributed by atoms with van der Waals surface area (Å²) in [5, 5.41) is 8.87. The Labute approximate surface area is 126 Å². The highest BCUT2D eigenvalue weighted by molar-refractivity contribution is 5.80. The van der Waals surface area contributed by atoms with E-state index in [1.54, 1.807) is 0 Å². The molecule has 4 heteroatoms. The van der Waals surface area contributed by atoms with Gasteiger partial charge in [-0.15, -0.1) is 0 Å². The summed E-state index contributed by atoms with van der Waals surface area (Å²) in [7, 11) is 0. The molecule has 1 amide bonds. The van der Waals surface area contributed by atoms with Crippen molar-refractivity contribution in [3.63, 3.8) is 0 Å². The van der Waals surface area contributed by atoms with Crippen LogP contribution in [0, 0.1) is 17.8 Å². The number of rotatable bonds is 5. The summed E-state index contributed by atoms with van der Waals surface area (Å²) in [5.74, 6) is 1.23. The normalized spacial score (nSPS) is 32.3. The van der Waals surface area contributed by atoms with Crippen LogP contribution in [0.2, 0.25) is 0 Å². The van der Waals surface area contributed by atoms with Crippen molar-refractivity contribution in [1.82, 2.24) is 4.90 Å². The molecule has 0 spiro atoms. The fourth-order valence-corrected chi connectivity index (χ4v) is 4.41. The number of carbonyl (C=O) groups excluding carboxylic acids is 1. The van der Waals surface area contributed by atoms with Crippen molar-refractivity contribution in [2.24, 2.45) is 17.8 Å². The highest BCUT2D eigenvalue weighted by Crippen LogP contribution is 2.43. The lowest BCUT2D eigenvalue weighted by molar-refractivity contribution is -0.141. The molecule has 21 heavy (non-hydrogen) atoms. The van der Waals surface area contributed by atoms with Crippen molar-refractivity contribution in [1.29, 1.82) is 0 Å².